The highest BCUT2D eigenvalue weighted by atomic mass is 16.4. The molecule has 18 heavy (non-hydrogen) atoms. The first-order valence-electron chi connectivity index (χ1n) is 6.42. The molecule has 0 aromatic rings. The van der Waals surface area contributed by atoms with Crippen LogP contribution in [-0.2, 0) is 4.79 Å². The Morgan fingerprint density at radius 2 is 2.17 bits per heavy atom. The van der Waals surface area contributed by atoms with Crippen molar-refractivity contribution in [1.29, 1.82) is 0 Å². The highest BCUT2D eigenvalue weighted by Gasteiger charge is 2.30. The van der Waals surface area contributed by atoms with Gasteiger partial charge < -0.3 is 20.4 Å². The average Bonchev–Trinajstić information content (AvgIpc) is 2.73. The van der Waals surface area contributed by atoms with E-state index in [0.29, 0.717) is 19.0 Å². The fourth-order valence-electron chi connectivity index (χ4n) is 2.27. The van der Waals surface area contributed by atoms with Gasteiger partial charge in [-0.05, 0) is 25.7 Å². The molecule has 0 aliphatic carbocycles. The number of aliphatic carboxylic acids is 1. The summed E-state index contributed by atoms with van der Waals surface area (Å²) in [5.74, 6) is -0.710. The molecule has 0 aromatic carbocycles. The first kappa shape index (κ1) is 14.8. The Balaban J connectivity index is 2.48. The predicted molar refractivity (Wildman–Crippen MR) is 66.2 cm³/mol. The van der Waals surface area contributed by atoms with Crippen LogP contribution in [0.3, 0.4) is 0 Å². The first-order chi connectivity index (χ1) is 8.45. The number of aliphatic hydroxyl groups excluding tert-OH is 1. The zero-order valence-corrected chi connectivity index (χ0v) is 10.9. The Hall–Kier alpha value is -1.30. The van der Waals surface area contributed by atoms with Crippen LogP contribution >= 0.6 is 0 Å². The van der Waals surface area contributed by atoms with E-state index in [-0.39, 0.29) is 0 Å². The minimum Gasteiger partial charge on any atom is -0.480 e. The van der Waals surface area contributed by atoms with Gasteiger partial charge in [-0.3, -0.25) is 0 Å². The zero-order valence-electron chi connectivity index (χ0n) is 10.9. The Labute approximate surface area is 107 Å². The summed E-state index contributed by atoms with van der Waals surface area (Å²) in [6, 6.07) is -1.65. The molecule has 6 nitrogen and oxygen atoms in total. The molecular weight excluding hydrogens is 236 g/mol. The Morgan fingerprint density at radius 1 is 1.50 bits per heavy atom. The molecular formula is C12H22N2O4. The third-order valence-corrected chi connectivity index (χ3v) is 3.30. The van der Waals surface area contributed by atoms with Crippen molar-refractivity contribution < 1.29 is 19.8 Å². The molecule has 3 N–H and O–H groups in total. The molecule has 1 heterocycles. The lowest BCUT2D eigenvalue weighted by Gasteiger charge is -2.22. The lowest BCUT2D eigenvalue weighted by atomic mass is 10.0. The molecule has 0 spiro atoms. The third-order valence-electron chi connectivity index (χ3n) is 3.30. The summed E-state index contributed by atoms with van der Waals surface area (Å²) in [5.41, 5.74) is 0. The monoisotopic (exact) mass is 258 g/mol. The molecule has 1 aliphatic rings. The van der Waals surface area contributed by atoms with Gasteiger partial charge in [-0.15, -0.1) is 0 Å². The van der Waals surface area contributed by atoms with Gasteiger partial charge in [0.15, 0.2) is 6.04 Å². The maximum absolute atomic E-state index is 11.9. The zero-order chi connectivity index (χ0) is 13.7. The molecule has 0 saturated carbocycles. The van der Waals surface area contributed by atoms with Crippen LogP contribution in [0.5, 0.6) is 0 Å². The van der Waals surface area contributed by atoms with Crippen LogP contribution in [0.25, 0.3) is 0 Å². The number of likely N-dealkylation sites (tertiary alicyclic amines) is 1. The van der Waals surface area contributed by atoms with E-state index in [9.17, 15) is 14.7 Å². The number of nitrogens with zero attached hydrogens (tertiary/aromatic N) is 1. The molecule has 0 bridgehead atoms. The Kier molecular flexibility index (Phi) is 5.40. The van der Waals surface area contributed by atoms with Gasteiger partial charge in [0.1, 0.15) is 0 Å². The van der Waals surface area contributed by atoms with Gasteiger partial charge in [0.2, 0.25) is 0 Å². The van der Waals surface area contributed by atoms with Crippen molar-refractivity contribution in [3.8, 4) is 0 Å². The summed E-state index contributed by atoms with van der Waals surface area (Å²) in [6.45, 7) is 4.79. The van der Waals surface area contributed by atoms with Gasteiger partial charge in [0.05, 0.1) is 6.10 Å². The minimum absolute atomic E-state index is 0.401. The number of carbonyl (C=O) groups excluding carboxylic acids is 1. The summed E-state index contributed by atoms with van der Waals surface area (Å²) in [5, 5.41) is 20.5. The number of aliphatic hydroxyl groups is 1. The van der Waals surface area contributed by atoms with Crippen molar-refractivity contribution in [2.24, 2.45) is 5.92 Å². The van der Waals surface area contributed by atoms with Crippen LogP contribution < -0.4 is 5.32 Å². The first-order valence-corrected chi connectivity index (χ1v) is 6.42. The molecule has 1 unspecified atom stereocenters. The summed E-state index contributed by atoms with van der Waals surface area (Å²) in [4.78, 5) is 24.3. The van der Waals surface area contributed by atoms with Gasteiger partial charge in [0, 0.05) is 13.1 Å². The van der Waals surface area contributed by atoms with Crippen molar-refractivity contribution in [1.82, 2.24) is 10.2 Å². The highest BCUT2D eigenvalue weighted by Crippen LogP contribution is 2.20. The molecule has 1 rings (SSSR count). The molecule has 6 heteroatoms. The molecule has 104 valence electrons. The second kappa shape index (κ2) is 6.58. The van der Waals surface area contributed by atoms with Gasteiger partial charge in [-0.1, -0.05) is 13.3 Å². The van der Waals surface area contributed by atoms with Gasteiger partial charge >= 0.3 is 12.0 Å². The van der Waals surface area contributed by atoms with Crippen LogP contribution in [0.15, 0.2) is 0 Å². The van der Waals surface area contributed by atoms with E-state index in [4.69, 9.17) is 5.11 Å². The number of carboxylic acid groups (broad SMARTS) is 1. The summed E-state index contributed by atoms with van der Waals surface area (Å²) in [7, 11) is 0. The lowest BCUT2D eigenvalue weighted by molar-refractivity contribution is -0.141. The van der Waals surface area contributed by atoms with Crippen molar-refractivity contribution in [2.45, 2.75) is 45.3 Å². The quantitative estimate of drug-likeness (QED) is 0.675. The summed E-state index contributed by atoms with van der Waals surface area (Å²) in [6.07, 6.45) is 2.03. The molecule has 0 aromatic heterocycles. The average molecular weight is 258 g/mol. The topological polar surface area (TPSA) is 89.9 Å². The number of hydrogen-bond donors (Lipinski definition) is 3. The molecule has 1 fully saturated rings. The van der Waals surface area contributed by atoms with E-state index in [1.54, 1.807) is 4.90 Å². The fraction of sp³-hybridized carbons (Fsp3) is 0.833. The smallest absolute Gasteiger partial charge is 0.328 e. The van der Waals surface area contributed by atoms with E-state index in [0.717, 1.165) is 19.3 Å². The van der Waals surface area contributed by atoms with E-state index >= 15 is 0 Å². The van der Waals surface area contributed by atoms with Crippen LogP contribution in [0.2, 0.25) is 0 Å². The molecule has 3 atom stereocenters. The second-order valence-electron chi connectivity index (χ2n) is 4.90. The van der Waals surface area contributed by atoms with Crippen molar-refractivity contribution in [2.75, 3.05) is 13.1 Å². The van der Waals surface area contributed by atoms with Gasteiger partial charge in [-0.25, -0.2) is 9.59 Å². The Morgan fingerprint density at radius 3 is 2.67 bits per heavy atom. The van der Waals surface area contributed by atoms with E-state index < -0.39 is 24.1 Å². The number of nitrogens with one attached hydrogen (secondary N) is 1. The number of hydrogen-bond acceptors (Lipinski definition) is 3. The minimum atomic E-state index is -1.25. The van der Waals surface area contributed by atoms with Gasteiger partial charge in [-0.2, -0.15) is 0 Å². The van der Waals surface area contributed by atoms with Crippen LogP contribution in [0, 0.1) is 5.92 Å². The van der Waals surface area contributed by atoms with Crippen LogP contribution in [0.4, 0.5) is 4.79 Å². The number of carbonyl (C=O) groups is 2. The fourth-order valence-corrected chi connectivity index (χ4v) is 2.27. The van der Waals surface area contributed by atoms with Gasteiger partial charge in [0.25, 0.3) is 0 Å². The maximum atomic E-state index is 11.9. The summed E-state index contributed by atoms with van der Waals surface area (Å²) < 4.78 is 0. The standard InChI is InChI=1S/C12H22N2O4/c1-3-4-9-5-6-14(7-9)12(18)13-10(8(2)15)11(16)17/h8-10,15H,3-7H2,1-2H3,(H,13,18)(H,16,17)/t8-,9?,10+/m1/s1. The molecule has 1 aliphatic heterocycles. The lowest BCUT2D eigenvalue weighted by Crippen LogP contribution is -2.51. The number of rotatable bonds is 5. The van der Waals surface area contributed by atoms with Crippen LogP contribution in [0.1, 0.15) is 33.1 Å². The predicted octanol–water partition coefficient (Wildman–Crippen LogP) is 0.652. The molecule has 0 radical (unpaired) electrons. The van der Waals surface area contributed by atoms with E-state index in [1.807, 2.05) is 0 Å². The summed E-state index contributed by atoms with van der Waals surface area (Å²) >= 11 is 0. The Bertz CT molecular complexity index is 306. The normalized spacial score (nSPS) is 22.6. The SMILES string of the molecule is CCCC1CCN(C(=O)N[C@H](C(=O)O)[C@@H](C)O)C1. The van der Waals surface area contributed by atoms with Crippen molar-refractivity contribution >= 4 is 12.0 Å². The number of urea groups is 1. The largest absolute Gasteiger partial charge is 0.480 e. The second-order valence-corrected chi connectivity index (χ2v) is 4.90. The van der Waals surface area contributed by atoms with E-state index in [1.165, 1.54) is 6.92 Å². The van der Waals surface area contributed by atoms with Crippen molar-refractivity contribution in [3.63, 3.8) is 0 Å². The number of amides is 2. The highest BCUT2D eigenvalue weighted by molar-refractivity contribution is 5.83. The van der Waals surface area contributed by atoms with E-state index in [2.05, 4.69) is 12.2 Å². The van der Waals surface area contributed by atoms with Crippen molar-refractivity contribution in [3.05, 3.63) is 0 Å². The number of carboxylic acids is 1. The molecule has 1 saturated heterocycles. The van der Waals surface area contributed by atoms with Crippen LogP contribution in [-0.4, -0.2) is 52.3 Å². The molecule has 2 amide bonds. The maximum Gasteiger partial charge on any atom is 0.328 e. The third kappa shape index (κ3) is 3.87.